The Bertz CT molecular complexity index is 1680. The number of hydrogen-bond donors (Lipinski definition) is 0. The Morgan fingerprint density at radius 2 is 1.56 bits per heavy atom. The highest BCUT2D eigenvalue weighted by Gasteiger charge is 2.49. The summed E-state index contributed by atoms with van der Waals surface area (Å²) in [6, 6.07) is 26.1. The lowest BCUT2D eigenvalue weighted by atomic mass is 9.36. The quantitative estimate of drug-likeness (QED) is 0.306. The number of anilines is 2. The summed E-state index contributed by atoms with van der Waals surface area (Å²) in [5.74, 6) is 0.157. The van der Waals surface area contributed by atoms with E-state index in [0.717, 1.165) is 16.9 Å². The maximum Gasteiger partial charge on any atom is 0.259 e. The van der Waals surface area contributed by atoms with Crippen molar-refractivity contribution in [1.82, 2.24) is 0 Å². The number of aryl methyl sites for hydroxylation is 2. The highest BCUT2D eigenvalue weighted by molar-refractivity contribution is 7.33. The van der Waals surface area contributed by atoms with Gasteiger partial charge < -0.3 is 0 Å². The van der Waals surface area contributed by atoms with Gasteiger partial charge in [0.2, 0.25) is 5.91 Å². The van der Waals surface area contributed by atoms with Gasteiger partial charge in [0, 0.05) is 20.2 Å². The van der Waals surface area contributed by atoms with Gasteiger partial charge in [-0.25, -0.2) is 0 Å². The first-order valence-electron chi connectivity index (χ1n) is 11.9. The van der Waals surface area contributed by atoms with Crippen LogP contribution in [0.4, 0.5) is 11.4 Å². The van der Waals surface area contributed by atoms with Crippen LogP contribution in [0.15, 0.2) is 72.8 Å². The van der Waals surface area contributed by atoms with Crippen LogP contribution >= 0.6 is 11.3 Å². The summed E-state index contributed by atoms with van der Waals surface area (Å²) in [6.45, 7) is 8.69. The van der Waals surface area contributed by atoms with Gasteiger partial charge >= 0.3 is 0 Å². The van der Waals surface area contributed by atoms with Crippen LogP contribution in [-0.4, -0.2) is 12.6 Å². The molecule has 2 aliphatic rings. The molecule has 1 aromatic heterocycles. The van der Waals surface area contributed by atoms with Crippen molar-refractivity contribution >= 4 is 71.9 Å². The van der Waals surface area contributed by atoms with E-state index in [9.17, 15) is 4.79 Å². The Morgan fingerprint density at radius 1 is 0.824 bits per heavy atom. The molecule has 0 fully saturated rings. The van der Waals surface area contributed by atoms with E-state index >= 15 is 0 Å². The Labute approximate surface area is 203 Å². The molecule has 4 aromatic carbocycles. The molecular formula is C30H24BNOS. The minimum atomic E-state index is -0.600. The van der Waals surface area contributed by atoms with Crippen LogP contribution in [-0.2, 0) is 10.2 Å². The summed E-state index contributed by atoms with van der Waals surface area (Å²) in [5, 5.41) is 3.59. The highest BCUT2D eigenvalue weighted by atomic mass is 32.1. The van der Waals surface area contributed by atoms with Gasteiger partial charge in [0.05, 0.1) is 16.8 Å². The van der Waals surface area contributed by atoms with Crippen LogP contribution in [0.2, 0.25) is 0 Å². The fourth-order valence-electron chi connectivity index (χ4n) is 6.27. The standard InChI is InChI=1S/C30H24BNOS/c1-17-9-7-10-18(2)25(17)31-22-16-15-19-11-8-13-21-24(19)27(22)32(29(33)30(21,3)4)26-20-12-5-6-14-23(20)34-28(26)31/h5-16H,1-4H3. The molecule has 0 atom stereocenters. The number of hydrogen-bond acceptors (Lipinski definition) is 2. The lowest BCUT2D eigenvalue weighted by Gasteiger charge is -2.43. The Hall–Kier alpha value is -3.37. The predicted molar refractivity (Wildman–Crippen MR) is 147 cm³/mol. The fourth-order valence-corrected chi connectivity index (χ4v) is 7.59. The van der Waals surface area contributed by atoms with Gasteiger partial charge in [-0.05, 0) is 50.2 Å². The lowest BCUT2D eigenvalue weighted by Crippen LogP contribution is -2.61. The Morgan fingerprint density at radius 3 is 2.35 bits per heavy atom. The van der Waals surface area contributed by atoms with Crippen LogP contribution in [0.3, 0.4) is 0 Å². The van der Waals surface area contributed by atoms with E-state index in [1.54, 1.807) is 0 Å². The van der Waals surface area contributed by atoms with E-state index < -0.39 is 5.41 Å². The molecule has 0 saturated carbocycles. The SMILES string of the molecule is Cc1cccc(C)c1B1c2ccc3cccc4c3c2N(C(=O)C4(C)C)c2c1sc1ccccc21. The number of fused-ring (bicyclic) bond motifs is 4. The smallest absolute Gasteiger partial charge is 0.259 e. The maximum atomic E-state index is 14.3. The fraction of sp³-hybridized carbons (Fsp3) is 0.167. The zero-order valence-electron chi connectivity index (χ0n) is 19.8. The third-order valence-electron chi connectivity index (χ3n) is 7.91. The number of nitrogens with zero attached hydrogens (tertiary/aromatic N) is 1. The number of thiophene rings is 1. The van der Waals surface area contributed by atoms with Gasteiger partial charge in [0.15, 0.2) is 0 Å². The van der Waals surface area contributed by atoms with Gasteiger partial charge in [0.1, 0.15) is 0 Å². The molecule has 2 aliphatic heterocycles. The van der Waals surface area contributed by atoms with Gasteiger partial charge in [0.25, 0.3) is 6.71 Å². The minimum Gasteiger partial charge on any atom is -0.279 e. The first-order valence-corrected chi connectivity index (χ1v) is 12.7. The average molecular weight is 457 g/mol. The van der Waals surface area contributed by atoms with Crippen molar-refractivity contribution in [2.45, 2.75) is 33.1 Å². The number of benzene rings is 4. The maximum absolute atomic E-state index is 14.3. The molecule has 0 bridgehead atoms. The first-order chi connectivity index (χ1) is 16.4. The number of amides is 1. The van der Waals surface area contributed by atoms with E-state index in [0.29, 0.717) is 0 Å². The summed E-state index contributed by atoms with van der Waals surface area (Å²) in [4.78, 5) is 16.4. The molecule has 0 radical (unpaired) electrons. The molecule has 0 aliphatic carbocycles. The predicted octanol–water partition coefficient (Wildman–Crippen LogP) is 5.46. The molecule has 2 nitrogen and oxygen atoms in total. The Balaban J connectivity index is 1.72. The normalized spacial score (nSPS) is 15.8. The van der Waals surface area contributed by atoms with E-state index in [-0.39, 0.29) is 12.6 Å². The molecule has 3 heterocycles. The van der Waals surface area contributed by atoms with E-state index in [1.807, 2.05) is 11.3 Å². The number of carbonyl (C=O) groups is 1. The molecule has 164 valence electrons. The summed E-state index contributed by atoms with van der Waals surface area (Å²) >= 11 is 1.84. The van der Waals surface area contributed by atoms with Crippen molar-refractivity contribution in [3.05, 3.63) is 89.5 Å². The van der Waals surface area contributed by atoms with Crippen molar-refractivity contribution in [1.29, 1.82) is 0 Å². The molecule has 4 heteroatoms. The topological polar surface area (TPSA) is 20.3 Å². The molecule has 1 amide bonds. The van der Waals surface area contributed by atoms with E-state index in [4.69, 9.17) is 0 Å². The molecule has 7 rings (SSSR count). The zero-order chi connectivity index (χ0) is 23.4. The van der Waals surface area contributed by atoms with Crippen molar-refractivity contribution in [2.24, 2.45) is 0 Å². The van der Waals surface area contributed by atoms with Crippen LogP contribution in [0.5, 0.6) is 0 Å². The summed E-state index contributed by atoms with van der Waals surface area (Å²) < 4.78 is 2.51. The summed E-state index contributed by atoms with van der Waals surface area (Å²) in [6.07, 6.45) is 0. The second-order valence-electron chi connectivity index (χ2n) is 10.2. The van der Waals surface area contributed by atoms with Crippen LogP contribution in [0, 0.1) is 13.8 Å². The van der Waals surface area contributed by atoms with E-state index in [2.05, 4.69) is 105 Å². The van der Waals surface area contributed by atoms with Gasteiger partial charge in [-0.15, -0.1) is 11.3 Å². The average Bonchev–Trinajstić information content (AvgIpc) is 3.21. The highest BCUT2D eigenvalue weighted by Crippen LogP contribution is 2.49. The molecule has 34 heavy (non-hydrogen) atoms. The van der Waals surface area contributed by atoms with Gasteiger partial charge in [-0.1, -0.05) is 83.3 Å². The molecule has 0 saturated heterocycles. The lowest BCUT2D eigenvalue weighted by molar-refractivity contribution is -0.122. The second kappa shape index (κ2) is 6.61. The van der Waals surface area contributed by atoms with Crippen LogP contribution in [0.25, 0.3) is 20.9 Å². The van der Waals surface area contributed by atoms with Gasteiger partial charge in [-0.2, -0.15) is 0 Å². The van der Waals surface area contributed by atoms with Crippen molar-refractivity contribution in [3.63, 3.8) is 0 Å². The second-order valence-corrected chi connectivity index (χ2v) is 11.3. The molecule has 5 aromatic rings. The van der Waals surface area contributed by atoms with Crippen molar-refractivity contribution < 1.29 is 4.79 Å². The third-order valence-corrected chi connectivity index (χ3v) is 9.13. The van der Waals surface area contributed by atoms with Crippen LogP contribution < -0.4 is 20.6 Å². The van der Waals surface area contributed by atoms with E-state index in [1.165, 1.54) is 47.7 Å². The van der Waals surface area contributed by atoms with Crippen LogP contribution in [0.1, 0.15) is 30.5 Å². The summed E-state index contributed by atoms with van der Waals surface area (Å²) in [5.41, 5.74) is 7.89. The Kier molecular flexibility index (Phi) is 3.90. The number of carbonyl (C=O) groups excluding carboxylic acids is 1. The molecule has 0 unspecified atom stereocenters. The van der Waals surface area contributed by atoms with Gasteiger partial charge in [-0.3, -0.25) is 9.69 Å². The molecule has 0 spiro atoms. The largest absolute Gasteiger partial charge is 0.279 e. The summed E-state index contributed by atoms with van der Waals surface area (Å²) in [7, 11) is 0. The van der Waals surface area contributed by atoms with Crippen molar-refractivity contribution in [3.8, 4) is 0 Å². The zero-order valence-corrected chi connectivity index (χ0v) is 20.6. The monoisotopic (exact) mass is 457 g/mol. The first kappa shape index (κ1) is 20.0. The van der Waals surface area contributed by atoms with Crippen molar-refractivity contribution in [2.75, 3.05) is 4.90 Å². The number of rotatable bonds is 1. The minimum absolute atomic E-state index is 0.103. The third kappa shape index (κ3) is 2.34. The molecular weight excluding hydrogens is 433 g/mol. The molecule has 0 N–H and O–H groups in total.